The molecule has 18 heavy (non-hydrogen) atoms. The van der Waals surface area contributed by atoms with E-state index in [1.807, 2.05) is 29.2 Å². The highest BCUT2D eigenvalue weighted by Crippen LogP contribution is 2.20. The third kappa shape index (κ3) is 4.06. The van der Waals surface area contributed by atoms with Crippen molar-refractivity contribution in [3.8, 4) is 0 Å². The van der Waals surface area contributed by atoms with Crippen molar-refractivity contribution in [1.29, 1.82) is 0 Å². The molecule has 1 atom stereocenters. The van der Waals surface area contributed by atoms with Gasteiger partial charge in [-0.05, 0) is 30.5 Å². The van der Waals surface area contributed by atoms with Crippen LogP contribution < -0.4 is 10.6 Å². The minimum absolute atomic E-state index is 0.191. The SMILES string of the molecule is CCCN(C(=O)CC(C)CC)c1cccc(N)c1. The van der Waals surface area contributed by atoms with Crippen LogP contribution in [0.2, 0.25) is 0 Å². The summed E-state index contributed by atoms with van der Waals surface area (Å²) in [5, 5.41) is 0. The highest BCUT2D eigenvalue weighted by molar-refractivity contribution is 5.93. The fraction of sp³-hybridized carbons (Fsp3) is 0.533. The average Bonchev–Trinajstić information content (AvgIpc) is 2.35. The van der Waals surface area contributed by atoms with Gasteiger partial charge in [0.1, 0.15) is 0 Å². The van der Waals surface area contributed by atoms with Crippen molar-refractivity contribution in [3.05, 3.63) is 24.3 Å². The maximum atomic E-state index is 12.3. The first-order chi connectivity index (χ1) is 8.58. The summed E-state index contributed by atoms with van der Waals surface area (Å²) < 4.78 is 0. The van der Waals surface area contributed by atoms with E-state index in [1.165, 1.54) is 0 Å². The van der Waals surface area contributed by atoms with Crippen LogP contribution >= 0.6 is 0 Å². The number of hydrogen-bond donors (Lipinski definition) is 1. The second-order valence-electron chi connectivity index (χ2n) is 4.86. The van der Waals surface area contributed by atoms with Crippen molar-refractivity contribution >= 4 is 17.3 Å². The molecule has 0 radical (unpaired) electrons. The van der Waals surface area contributed by atoms with Crippen LogP contribution in [0, 0.1) is 5.92 Å². The molecule has 100 valence electrons. The molecule has 0 aliphatic heterocycles. The maximum Gasteiger partial charge on any atom is 0.227 e. The Hall–Kier alpha value is -1.51. The molecule has 0 bridgehead atoms. The summed E-state index contributed by atoms with van der Waals surface area (Å²) in [4.78, 5) is 14.1. The Morgan fingerprint density at radius 1 is 1.39 bits per heavy atom. The van der Waals surface area contributed by atoms with E-state index in [9.17, 15) is 4.79 Å². The molecule has 0 fully saturated rings. The Morgan fingerprint density at radius 2 is 2.11 bits per heavy atom. The summed E-state index contributed by atoms with van der Waals surface area (Å²) in [7, 11) is 0. The molecule has 0 spiro atoms. The van der Waals surface area contributed by atoms with Gasteiger partial charge in [0.25, 0.3) is 0 Å². The van der Waals surface area contributed by atoms with E-state index in [0.717, 1.165) is 25.1 Å². The van der Waals surface area contributed by atoms with Crippen LogP contribution in [0.4, 0.5) is 11.4 Å². The lowest BCUT2D eigenvalue weighted by Gasteiger charge is -2.24. The number of nitrogens with zero attached hydrogens (tertiary/aromatic N) is 1. The van der Waals surface area contributed by atoms with Crippen molar-refractivity contribution in [2.24, 2.45) is 5.92 Å². The van der Waals surface area contributed by atoms with E-state index in [2.05, 4.69) is 20.8 Å². The van der Waals surface area contributed by atoms with Crippen LogP contribution in [0.1, 0.15) is 40.0 Å². The largest absolute Gasteiger partial charge is 0.399 e. The zero-order valence-electron chi connectivity index (χ0n) is 11.6. The lowest BCUT2D eigenvalue weighted by molar-refractivity contribution is -0.119. The molecule has 2 N–H and O–H groups in total. The smallest absolute Gasteiger partial charge is 0.227 e. The first kappa shape index (κ1) is 14.6. The van der Waals surface area contributed by atoms with Crippen LogP contribution in [0.25, 0.3) is 0 Å². The fourth-order valence-corrected chi connectivity index (χ4v) is 1.87. The molecule has 0 aromatic heterocycles. The normalized spacial score (nSPS) is 12.2. The topological polar surface area (TPSA) is 46.3 Å². The van der Waals surface area contributed by atoms with Gasteiger partial charge in [-0.1, -0.05) is 33.3 Å². The van der Waals surface area contributed by atoms with Gasteiger partial charge in [-0.15, -0.1) is 0 Å². The number of carbonyl (C=O) groups excluding carboxylic acids is 1. The monoisotopic (exact) mass is 248 g/mol. The lowest BCUT2D eigenvalue weighted by Crippen LogP contribution is -2.32. The maximum absolute atomic E-state index is 12.3. The minimum atomic E-state index is 0.191. The highest BCUT2D eigenvalue weighted by atomic mass is 16.2. The molecule has 3 nitrogen and oxygen atoms in total. The molecule has 0 aliphatic rings. The number of nitrogen functional groups attached to an aromatic ring is 1. The third-order valence-electron chi connectivity index (χ3n) is 3.15. The molecule has 0 saturated heterocycles. The number of rotatable bonds is 6. The number of carbonyl (C=O) groups is 1. The summed E-state index contributed by atoms with van der Waals surface area (Å²) in [6, 6.07) is 7.54. The minimum Gasteiger partial charge on any atom is -0.399 e. The van der Waals surface area contributed by atoms with E-state index < -0.39 is 0 Å². The second-order valence-corrected chi connectivity index (χ2v) is 4.86. The van der Waals surface area contributed by atoms with Gasteiger partial charge in [-0.25, -0.2) is 0 Å². The molecule has 3 heteroatoms. The van der Waals surface area contributed by atoms with Crippen LogP contribution in [0.5, 0.6) is 0 Å². The fourth-order valence-electron chi connectivity index (χ4n) is 1.87. The quantitative estimate of drug-likeness (QED) is 0.784. The molecule has 1 amide bonds. The van der Waals surface area contributed by atoms with Crippen molar-refractivity contribution in [3.63, 3.8) is 0 Å². The number of benzene rings is 1. The van der Waals surface area contributed by atoms with E-state index in [-0.39, 0.29) is 5.91 Å². The van der Waals surface area contributed by atoms with Gasteiger partial charge < -0.3 is 10.6 Å². The molecule has 0 heterocycles. The van der Waals surface area contributed by atoms with Gasteiger partial charge in [0.05, 0.1) is 0 Å². The Bertz CT molecular complexity index is 390. The summed E-state index contributed by atoms with van der Waals surface area (Å²) in [5.41, 5.74) is 7.39. The molecule has 1 aromatic carbocycles. The number of hydrogen-bond acceptors (Lipinski definition) is 2. The zero-order chi connectivity index (χ0) is 13.5. The van der Waals surface area contributed by atoms with Crippen LogP contribution in [-0.2, 0) is 4.79 Å². The predicted octanol–water partition coefficient (Wildman–Crippen LogP) is 3.45. The summed E-state index contributed by atoms with van der Waals surface area (Å²) in [5.74, 6) is 0.620. The van der Waals surface area contributed by atoms with E-state index >= 15 is 0 Å². The van der Waals surface area contributed by atoms with Gasteiger partial charge in [-0.2, -0.15) is 0 Å². The average molecular weight is 248 g/mol. The van der Waals surface area contributed by atoms with Crippen molar-refractivity contribution in [2.75, 3.05) is 17.2 Å². The zero-order valence-corrected chi connectivity index (χ0v) is 11.6. The van der Waals surface area contributed by atoms with Crippen molar-refractivity contribution in [2.45, 2.75) is 40.0 Å². The second kappa shape index (κ2) is 7.04. The Kier molecular flexibility index (Phi) is 5.69. The standard InChI is InChI=1S/C15H24N2O/c1-4-9-17(15(18)10-12(3)5-2)14-8-6-7-13(16)11-14/h6-8,11-12H,4-5,9-10,16H2,1-3H3. The molecular weight excluding hydrogens is 224 g/mol. The van der Waals surface area contributed by atoms with Crippen molar-refractivity contribution in [1.82, 2.24) is 0 Å². The van der Waals surface area contributed by atoms with Crippen LogP contribution in [0.3, 0.4) is 0 Å². The Balaban J connectivity index is 2.85. The Labute approximate surface area is 110 Å². The number of nitrogens with two attached hydrogens (primary N) is 1. The molecular formula is C15H24N2O. The molecule has 0 aliphatic carbocycles. The molecule has 1 rings (SSSR count). The Morgan fingerprint density at radius 3 is 2.67 bits per heavy atom. The van der Waals surface area contributed by atoms with Gasteiger partial charge in [-0.3, -0.25) is 4.79 Å². The van der Waals surface area contributed by atoms with Crippen molar-refractivity contribution < 1.29 is 4.79 Å². The van der Waals surface area contributed by atoms with Gasteiger partial charge >= 0.3 is 0 Å². The summed E-state index contributed by atoms with van der Waals surface area (Å²) >= 11 is 0. The molecule has 0 saturated carbocycles. The first-order valence-corrected chi connectivity index (χ1v) is 6.74. The predicted molar refractivity (Wildman–Crippen MR) is 77.6 cm³/mol. The van der Waals surface area contributed by atoms with Gasteiger partial charge in [0, 0.05) is 24.3 Å². The van der Waals surface area contributed by atoms with Crippen LogP contribution in [0.15, 0.2) is 24.3 Å². The highest BCUT2D eigenvalue weighted by Gasteiger charge is 2.17. The van der Waals surface area contributed by atoms with Gasteiger partial charge in [0.15, 0.2) is 0 Å². The molecule has 1 aromatic rings. The van der Waals surface area contributed by atoms with E-state index in [4.69, 9.17) is 5.73 Å². The number of amides is 1. The van der Waals surface area contributed by atoms with Gasteiger partial charge in [0.2, 0.25) is 5.91 Å². The number of anilines is 2. The van der Waals surface area contributed by atoms with E-state index in [0.29, 0.717) is 18.0 Å². The lowest BCUT2D eigenvalue weighted by atomic mass is 10.0. The summed E-state index contributed by atoms with van der Waals surface area (Å²) in [6.07, 6.45) is 2.58. The molecule has 1 unspecified atom stereocenters. The van der Waals surface area contributed by atoms with E-state index in [1.54, 1.807) is 0 Å². The summed E-state index contributed by atoms with van der Waals surface area (Å²) in [6.45, 7) is 7.05. The third-order valence-corrected chi connectivity index (χ3v) is 3.15. The van der Waals surface area contributed by atoms with Crippen LogP contribution in [-0.4, -0.2) is 12.5 Å². The first-order valence-electron chi connectivity index (χ1n) is 6.74.